The van der Waals surface area contributed by atoms with E-state index in [1.54, 1.807) is 6.20 Å². The molecule has 0 aliphatic carbocycles. The van der Waals surface area contributed by atoms with E-state index in [9.17, 15) is 0 Å². The molecule has 3 nitrogen and oxygen atoms in total. The fourth-order valence-corrected chi connectivity index (χ4v) is 0.649. The Kier molecular flexibility index (Phi) is 1.85. The van der Waals surface area contributed by atoms with Crippen molar-refractivity contribution in [1.82, 2.24) is 9.78 Å². The van der Waals surface area contributed by atoms with Gasteiger partial charge >= 0.3 is 0 Å². The molecule has 0 aliphatic rings. The summed E-state index contributed by atoms with van der Waals surface area (Å²) in [5, 5.41) is 4.02. The molecule has 0 saturated heterocycles. The number of aromatic nitrogens is 2. The summed E-state index contributed by atoms with van der Waals surface area (Å²) >= 11 is 0. The quantitative estimate of drug-likeness (QED) is 0.622. The molecule has 1 rings (SSSR count). The molecule has 1 heterocycles. The van der Waals surface area contributed by atoms with Crippen LogP contribution >= 0.6 is 0 Å². The molecule has 0 bridgehead atoms. The Labute approximate surface area is 54.5 Å². The standard InChI is InChI=1S/C6H11N3/c1-6(5-7)9-4-2-3-8-9/h2-4,6H,5,7H2,1H3/t6-/m0/s1. The molecule has 0 spiro atoms. The topological polar surface area (TPSA) is 43.8 Å². The maximum atomic E-state index is 5.40. The van der Waals surface area contributed by atoms with Gasteiger partial charge in [-0.05, 0) is 13.0 Å². The Morgan fingerprint density at radius 3 is 3.00 bits per heavy atom. The Morgan fingerprint density at radius 2 is 2.56 bits per heavy atom. The summed E-state index contributed by atoms with van der Waals surface area (Å²) in [6, 6.07) is 2.21. The van der Waals surface area contributed by atoms with E-state index in [-0.39, 0.29) is 0 Å². The predicted octanol–water partition coefficient (Wildman–Crippen LogP) is 0.403. The number of hydrogen-bond acceptors (Lipinski definition) is 2. The van der Waals surface area contributed by atoms with Crippen LogP contribution in [0.5, 0.6) is 0 Å². The number of hydrogen-bond donors (Lipinski definition) is 1. The van der Waals surface area contributed by atoms with Crippen molar-refractivity contribution in [3.05, 3.63) is 18.5 Å². The van der Waals surface area contributed by atoms with Gasteiger partial charge in [-0.1, -0.05) is 0 Å². The van der Waals surface area contributed by atoms with Crippen LogP contribution in [0.4, 0.5) is 0 Å². The van der Waals surface area contributed by atoms with E-state index in [1.807, 2.05) is 23.9 Å². The minimum Gasteiger partial charge on any atom is -0.328 e. The molecule has 1 aromatic rings. The molecule has 3 heteroatoms. The zero-order chi connectivity index (χ0) is 6.69. The highest BCUT2D eigenvalue weighted by molar-refractivity contribution is 4.80. The molecule has 2 N–H and O–H groups in total. The first kappa shape index (κ1) is 6.29. The van der Waals surface area contributed by atoms with Gasteiger partial charge in [0.15, 0.2) is 0 Å². The van der Waals surface area contributed by atoms with E-state index in [0.717, 1.165) is 0 Å². The lowest BCUT2D eigenvalue weighted by Gasteiger charge is -2.06. The van der Waals surface area contributed by atoms with Crippen LogP contribution in [0.1, 0.15) is 13.0 Å². The number of nitrogens with two attached hydrogens (primary N) is 1. The zero-order valence-corrected chi connectivity index (χ0v) is 5.49. The summed E-state index contributed by atoms with van der Waals surface area (Å²) in [5.41, 5.74) is 5.40. The van der Waals surface area contributed by atoms with Gasteiger partial charge in [-0.2, -0.15) is 5.10 Å². The summed E-state index contributed by atoms with van der Waals surface area (Å²) in [7, 11) is 0. The van der Waals surface area contributed by atoms with Crippen LogP contribution in [0.2, 0.25) is 0 Å². The molecule has 0 radical (unpaired) electrons. The lowest BCUT2D eigenvalue weighted by molar-refractivity contribution is 0.501. The van der Waals surface area contributed by atoms with Gasteiger partial charge in [0.25, 0.3) is 0 Å². The van der Waals surface area contributed by atoms with Crippen LogP contribution in [-0.4, -0.2) is 16.3 Å². The van der Waals surface area contributed by atoms with Crippen LogP contribution in [0.25, 0.3) is 0 Å². The minimum atomic E-state index is 0.319. The average molecular weight is 125 g/mol. The normalized spacial score (nSPS) is 13.6. The summed E-state index contributed by atoms with van der Waals surface area (Å²) in [6.07, 6.45) is 3.67. The summed E-state index contributed by atoms with van der Waals surface area (Å²) in [5.74, 6) is 0. The van der Waals surface area contributed by atoms with Gasteiger partial charge in [-0.15, -0.1) is 0 Å². The SMILES string of the molecule is C[C@@H](CN)n1cccn1. The zero-order valence-electron chi connectivity index (χ0n) is 5.49. The van der Waals surface area contributed by atoms with Crippen molar-refractivity contribution >= 4 is 0 Å². The van der Waals surface area contributed by atoms with Crippen molar-refractivity contribution in [2.45, 2.75) is 13.0 Å². The Morgan fingerprint density at radius 1 is 1.78 bits per heavy atom. The molecule has 0 unspecified atom stereocenters. The van der Waals surface area contributed by atoms with E-state index in [1.165, 1.54) is 0 Å². The molecule has 0 aromatic carbocycles. The van der Waals surface area contributed by atoms with Crippen molar-refractivity contribution in [2.75, 3.05) is 6.54 Å². The maximum absolute atomic E-state index is 5.40. The van der Waals surface area contributed by atoms with Crippen LogP contribution in [0.3, 0.4) is 0 Å². The molecular formula is C6H11N3. The minimum absolute atomic E-state index is 0.319. The van der Waals surface area contributed by atoms with E-state index in [0.29, 0.717) is 12.6 Å². The maximum Gasteiger partial charge on any atom is 0.0613 e. The average Bonchev–Trinajstić information content (AvgIpc) is 2.37. The molecule has 1 atom stereocenters. The third-order valence-corrected chi connectivity index (χ3v) is 1.32. The predicted molar refractivity (Wildman–Crippen MR) is 36.0 cm³/mol. The molecule has 9 heavy (non-hydrogen) atoms. The van der Waals surface area contributed by atoms with Gasteiger partial charge in [0.2, 0.25) is 0 Å². The first-order valence-electron chi connectivity index (χ1n) is 3.04. The van der Waals surface area contributed by atoms with E-state index < -0.39 is 0 Å². The van der Waals surface area contributed by atoms with Crippen LogP contribution in [0.15, 0.2) is 18.5 Å². The monoisotopic (exact) mass is 125 g/mol. The van der Waals surface area contributed by atoms with Crippen LogP contribution in [0, 0.1) is 0 Å². The highest BCUT2D eigenvalue weighted by Gasteiger charge is 1.97. The van der Waals surface area contributed by atoms with Crippen molar-refractivity contribution in [2.24, 2.45) is 5.73 Å². The second kappa shape index (κ2) is 2.64. The Hall–Kier alpha value is -0.830. The second-order valence-electron chi connectivity index (χ2n) is 2.07. The number of nitrogens with zero attached hydrogens (tertiary/aromatic N) is 2. The van der Waals surface area contributed by atoms with E-state index in [2.05, 4.69) is 5.10 Å². The van der Waals surface area contributed by atoms with Crippen molar-refractivity contribution in [3.8, 4) is 0 Å². The van der Waals surface area contributed by atoms with Gasteiger partial charge in [-0.3, -0.25) is 4.68 Å². The van der Waals surface area contributed by atoms with E-state index >= 15 is 0 Å². The second-order valence-corrected chi connectivity index (χ2v) is 2.07. The van der Waals surface area contributed by atoms with Gasteiger partial charge in [0, 0.05) is 18.9 Å². The molecule has 1 aromatic heterocycles. The smallest absolute Gasteiger partial charge is 0.0613 e. The first-order valence-corrected chi connectivity index (χ1v) is 3.04. The van der Waals surface area contributed by atoms with Crippen LogP contribution in [-0.2, 0) is 0 Å². The molecule has 0 amide bonds. The number of rotatable bonds is 2. The van der Waals surface area contributed by atoms with Crippen LogP contribution < -0.4 is 5.73 Å². The third-order valence-electron chi connectivity index (χ3n) is 1.32. The van der Waals surface area contributed by atoms with Gasteiger partial charge < -0.3 is 5.73 Å². The lowest BCUT2D eigenvalue weighted by atomic mass is 10.3. The fraction of sp³-hybridized carbons (Fsp3) is 0.500. The molecule has 0 aliphatic heterocycles. The molecule has 0 fully saturated rings. The fourth-order valence-electron chi connectivity index (χ4n) is 0.649. The summed E-state index contributed by atoms with van der Waals surface area (Å²) in [4.78, 5) is 0. The Balaban J connectivity index is 2.65. The summed E-state index contributed by atoms with van der Waals surface area (Å²) < 4.78 is 1.85. The van der Waals surface area contributed by atoms with Crippen molar-refractivity contribution < 1.29 is 0 Å². The molecule has 0 saturated carbocycles. The first-order chi connectivity index (χ1) is 4.34. The summed E-state index contributed by atoms with van der Waals surface area (Å²) in [6.45, 7) is 2.68. The Bertz CT molecular complexity index is 157. The lowest BCUT2D eigenvalue weighted by Crippen LogP contribution is -2.15. The third kappa shape index (κ3) is 1.29. The highest BCUT2D eigenvalue weighted by Crippen LogP contribution is 1.98. The highest BCUT2D eigenvalue weighted by atomic mass is 15.3. The molecule has 50 valence electrons. The van der Waals surface area contributed by atoms with Crippen molar-refractivity contribution in [1.29, 1.82) is 0 Å². The van der Waals surface area contributed by atoms with Crippen molar-refractivity contribution in [3.63, 3.8) is 0 Å². The van der Waals surface area contributed by atoms with Gasteiger partial charge in [0.05, 0.1) is 6.04 Å². The van der Waals surface area contributed by atoms with Gasteiger partial charge in [-0.25, -0.2) is 0 Å². The largest absolute Gasteiger partial charge is 0.328 e. The van der Waals surface area contributed by atoms with Gasteiger partial charge in [0.1, 0.15) is 0 Å². The molecular weight excluding hydrogens is 114 g/mol. The van der Waals surface area contributed by atoms with E-state index in [4.69, 9.17) is 5.73 Å².